The number of amides is 2. The number of hydrogen-bond donors (Lipinski definition) is 1. The lowest BCUT2D eigenvalue weighted by atomic mass is 10.1. The van der Waals surface area contributed by atoms with Gasteiger partial charge in [-0.05, 0) is 23.8 Å². The van der Waals surface area contributed by atoms with E-state index < -0.39 is 5.97 Å². The van der Waals surface area contributed by atoms with E-state index in [2.05, 4.69) is 16.6 Å². The first-order valence-electron chi connectivity index (χ1n) is 8.05. The number of esters is 1. The van der Waals surface area contributed by atoms with Crippen molar-refractivity contribution in [3.05, 3.63) is 77.4 Å². The molecule has 0 aliphatic carbocycles. The zero-order valence-electron chi connectivity index (χ0n) is 14.3. The van der Waals surface area contributed by atoms with E-state index in [0.29, 0.717) is 23.4 Å². The van der Waals surface area contributed by atoms with Crippen molar-refractivity contribution in [1.82, 2.24) is 10.2 Å². The number of hydrogen-bond acceptors (Lipinski definition) is 4. The molecule has 26 heavy (non-hydrogen) atoms. The first kappa shape index (κ1) is 17.4. The average molecular weight is 350 g/mol. The highest BCUT2D eigenvalue weighted by Crippen LogP contribution is 2.30. The second-order valence-corrected chi connectivity index (χ2v) is 5.85. The minimum Gasteiger partial charge on any atom is -0.465 e. The smallest absolute Gasteiger partial charge is 0.337 e. The van der Waals surface area contributed by atoms with Crippen LogP contribution in [0.2, 0.25) is 0 Å². The van der Waals surface area contributed by atoms with E-state index in [-0.39, 0.29) is 18.4 Å². The van der Waals surface area contributed by atoms with E-state index in [4.69, 9.17) is 0 Å². The lowest BCUT2D eigenvalue weighted by Gasteiger charge is -2.17. The fourth-order valence-corrected chi connectivity index (χ4v) is 2.78. The van der Waals surface area contributed by atoms with Crippen molar-refractivity contribution in [3.8, 4) is 0 Å². The molecule has 2 aromatic carbocycles. The van der Waals surface area contributed by atoms with Gasteiger partial charge in [0.2, 0.25) is 5.91 Å². The van der Waals surface area contributed by atoms with Gasteiger partial charge in [0.15, 0.2) is 0 Å². The van der Waals surface area contributed by atoms with Crippen LogP contribution in [0.25, 0.3) is 5.70 Å². The van der Waals surface area contributed by atoms with E-state index >= 15 is 0 Å². The standard InChI is InChI=1S/C20H18N2O4/c1-13-16-5-3-4-6-17(16)19(24)22(13)12-18(23)21-11-14-7-9-15(10-8-14)20(25)26-2/h3-10H,1,11-12H2,2H3,(H,21,23). The van der Waals surface area contributed by atoms with Gasteiger partial charge in [0.25, 0.3) is 5.91 Å². The normalized spacial score (nSPS) is 12.7. The summed E-state index contributed by atoms with van der Waals surface area (Å²) in [6.07, 6.45) is 0. The predicted octanol–water partition coefficient (Wildman–Crippen LogP) is 2.22. The summed E-state index contributed by atoms with van der Waals surface area (Å²) in [5.74, 6) is -0.918. The SMILES string of the molecule is C=C1c2ccccc2C(=O)N1CC(=O)NCc1ccc(C(=O)OC)cc1. The molecule has 0 saturated carbocycles. The number of ether oxygens (including phenoxy) is 1. The fourth-order valence-electron chi connectivity index (χ4n) is 2.78. The van der Waals surface area contributed by atoms with Crippen LogP contribution >= 0.6 is 0 Å². The molecule has 0 radical (unpaired) electrons. The molecule has 1 aliphatic heterocycles. The maximum Gasteiger partial charge on any atom is 0.337 e. The zero-order valence-corrected chi connectivity index (χ0v) is 14.3. The first-order chi connectivity index (χ1) is 12.5. The maximum atomic E-state index is 12.4. The third-order valence-corrected chi connectivity index (χ3v) is 4.21. The number of carbonyl (C=O) groups excluding carboxylic acids is 3. The third kappa shape index (κ3) is 3.35. The van der Waals surface area contributed by atoms with Crippen molar-refractivity contribution in [2.75, 3.05) is 13.7 Å². The summed E-state index contributed by atoms with van der Waals surface area (Å²) in [6.45, 7) is 4.12. The molecule has 3 rings (SSSR count). The summed E-state index contributed by atoms with van der Waals surface area (Å²) in [5.41, 5.74) is 3.12. The van der Waals surface area contributed by atoms with E-state index in [9.17, 15) is 14.4 Å². The van der Waals surface area contributed by atoms with Gasteiger partial charge in [-0.2, -0.15) is 0 Å². The van der Waals surface area contributed by atoms with E-state index in [1.54, 1.807) is 36.4 Å². The minimum atomic E-state index is -0.411. The van der Waals surface area contributed by atoms with Gasteiger partial charge in [-0.15, -0.1) is 0 Å². The first-order valence-corrected chi connectivity index (χ1v) is 8.05. The van der Waals surface area contributed by atoms with Crippen LogP contribution in [0.3, 0.4) is 0 Å². The molecule has 0 fully saturated rings. The molecule has 0 spiro atoms. The summed E-state index contributed by atoms with van der Waals surface area (Å²) in [5, 5.41) is 2.77. The highest BCUT2D eigenvalue weighted by atomic mass is 16.5. The van der Waals surface area contributed by atoms with Crippen LogP contribution in [0.4, 0.5) is 0 Å². The molecule has 2 aromatic rings. The molecule has 1 N–H and O–H groups in total. The monoisotopic (exact) mass is 350 g/mol. The summed E-state index contributed by atoms with van der Waals surface area (Å²) < 4.78 is 4.64. The number of nitrogens with zero attached hydrogens (tertiary/aromatic N) is 1. The molecule has 132 valence electrons. The molecule has 0 atom stereocenters. The minimum absolute atomic E-state index is 0.0907. The third-order valence-electron chi connectivity index (χ3n) is 4.21. The van der Waals surface area contributed by atoms with Crippen LogP contribution in [0.15, 0.2) is 55.1 Å². The quantitative estimate of drug-likeness (QED) is 0.839. The van der Waals surface area contributed by atoms with Gasteiger partial charge in [-0.25, -0.2) is 4.79 Å². The van der Waals surface area contributed by atoms with Gasteiger partial charge in [-0.3, -0.25) is 14.5 Å². The Bertz CT molecular complexity index is 852. The Morgan fingerprint density at radius 1 is 1.08 bits per heavy atom. The van der Waals surface area contributed by atoms with Gasteiger partial charge >= 0.3 is 5.97 Å². The van der Waals surface area contributed by atoms with Crippen molar-refractivity contribution >= 4 is 23.5 Å². The average Bonchev–Trinajstić information content (AvgIpc) is 2.91. The summed E-state index contributed by atoms with van der Waals surface area (Å²) >= 11 is 0. The molecular weight excluding hydrogens is 332 g/mol. The predicted molar refractivity (Wildman–Crippen MR) is 96.1 cm³/mol. The number of benzene rings is 2. The number of carbonyl (C=O) groups is 3. The van der Waals surface area contributed by atoms with Crippen LogP contribution in [0.1, 0.15) is 31.8 Å². The number of nitrogens with one attached hydrogen (secondary N) is 1. The molecule has 1 aliphatic rings. The Kier molecular flexibility index (Phi) is 4.84. The second-order valence-electron chi connectivity index (χ2n) is 5.85. The molecule has 6 nitrogen and oxygen atoms in total. The van der Waals surface area contributed by atoms with Gasteiger partial charge < -0.3 is 10.1 Å². The largest absolute Gasteiger partial charge is 0.465 e. The number of rotatable bonds is 5. The highest BCUT2D eigenvalue weighted by molar-refractivity contribution is 6.10. The van der Waals surface area contributed by atoms with Gasteiger partial charge in [-0.1, -0.05) is 36.9 Å². The highest BCUT2D eigenvalue weighted by Gasteiger charge is 2.31. The Morgan fingerprint density at radius 2 is 1.73 bits per heavy atom. The Hall–Kier alpha value is -3.41. The van der Waals surface area contributed by atoms with Crippen LogP contribution in [0, 0.1) is 0 Å². The van der Waals surface area contributed by atoms with Gasteiger partial charge in [0.1, 0.15) is 6.54 Å². The van der Waals surface area contributed by atoms with Crippen LogP contribution < -0.4 is 5.32 Å². The topological polar surface area (TPSA) is 75.7 Å². The molecule has 0 unspecified atom stereocenters. The number of methoxy groups -OCH3 is 1. The lowest BCUT2D eigenvalue weighted by molar-refractivity contribution is -0.121. The van der Waals surface area contributed by atoms with Crippen LogP contribution in [-0.4, -0.2) is 36.3 Å². The van der Waals surface area contributed by atoms with Crippen LogP contribution in [-0.2, 0) is 16.1 Å². The summed E-state index contributed by atoms with van der Waals surface area (Å²) in [4.78, 5) is 37.4. The molecule has 0 saturated heterocycles. The molecule has 0 bridgehead atoms. The van der Waals surface area contributed by atoms with Crippen molar-refractivity contribution in [2.45, 2.75) is 6.54 Å². The van der Waals surface area contributed by atoms with E-state index in [1.165, 1.54) is 12.0 Å². The van der Waals surface area contributed by atoms with E-state index in [0.717, 1.165) is 11.1 Å². The molecule has 2 amide bonds. The van der Waals surface area contributed by atoms with Crippen molar-refractivity contribution in [1.29, 1.82) is 0 Å². The Morgan fingerprint density at radius 3 is 2.35 bits per heavy atom. The molecule has 6 heteroatoms. The lowest BCUT2D eigenvalue weighted by Crippen LogP contribution is -2.36. The summed E-state index contributed by atoms with van der Waals surface area (Å²) in [7, 11) is 1.32. The zero-order chi connectivity index (χ0) is 18.7. The van der Waals surface area contributed by atoms with Crippen molar-refractivity contribution in [3.63, 3.8) is 0 Å². The molecular formula is C20H18N2O4. The Balaban J connectivity index is 1.58. The van der Waals surface area contributed by atoms with Crippen molar-refractivity contribution in [2.24, 2.45) is 0 Å². The second kappa shape index (κ2) is 7.23. The molecule has 0 aromatic heterocycles. The van der Waals surface area contributed by atoms with Gasteiger partial charge in [0.05, 0.1) is 12.7 Å². The molecule has 1 heterocycles. The van der Waals surface area contributed by atoms with Gasteiger partial charge in [0, 0.05) is 23.4 Å². The fraction of sp³-hybridized carbons (Fsp3) is 0.150. The maximum absolute atomic E-state index is 12.4. The number of fused-ring (bicyclic) bond motifs is 1. The van der Waals surface area contributed by atoms with E-state index in [1.807, 2.05) is 12.1 Å². The Labute approximate surface area is 151 Å². The van der Waals surface area contributed by atoms with Crippen LogP contribution in [0.5, 0.6) is 0 Å². The summed E-state index contributed by atoms with van der Waals surface area (Å²) in [6, 6.07) is 13.9. The van der Waals surface area contributed by atoms with Crippen molar-refractivity contribution < 1.29 is 19.1 Å².